The van der Waals surface area contributed by atoms with E-state index in [-0.39, 0.29) is 16.6 Å². The zero-order valence-electron chi connectivity index (χ0n) is 11.5. The lowest BCUT2D eigenvalue weighted by Crippen LogP contribution is -2.42. The van der Waals surface area contributed by atoms with Gasteiger partial charge in [0.2, 0.25) is 0 Å². The number of benzene rings is 1. The van der Waals surface area contributed by atoms with Crippen LogP contribution in [0, 0.1) is 5.82 Å². The van der Waals surface area contributed by atoms with Crippen molar-refractivity contribution in [3.8, 4) is 0 Å². The maximum absolute atomic E-state index is 13.6. The smallest absolute Gasteiger partial charge is 0.255 e. The molecule has 0 saturated heterocycles. The number of rotatable bonds is 6. The fourth-order valence-corrected chi connectivity index (χ4v) is 2.27. The summed E-state index contributed by atoms with van der Waals surface area (Å²) in [5.41, 5.74) is -0.0871. The third-order valence-corrected chi connectivity index (χ3v) is 3.50. The summed E-state index contributed by atoms with van der Waals surface area (Å²) in [6.07, 6.45) is 0. The minimum Gasteiger partial charge on any atom is -0.350 e. The second kappa shape index (κ2) is 7.46. The van der Waals surface area contributed by atoms with E-state index in [4.69, 9.17) is 11.6 Å². The van der Waals surface area contributed by atoms with Gasteiger partial charge in [-0.2, -0.15) is 0 Å². The van der Waals surface area contributed by atoms with Crippen LogP contribution in [-0.2, 0) is 0 Å². The summed E-state index contributed by atoms with van der Waals surface area (Å²) in [4.78, 5) is 14.1. The normalized spacial score (nSPS) is 12.5. The van der Waals surface area contributed by atoms with Crippen molar-refractivity contribution >= 4 is 17.5 Å². The van der Waals surface area contributed by atoms with E-state index in [2.05, 4.69) is 24.1 Å². The van der Waals surface area contributed by atoms with Crippen molar-refractivity contribution in [2.24, 2.45) is 0 Å². The first kappa shape index (κ1) is 15.9. The number of amides is 1. The molecule has 0 aliphatic carbocycles. The molecule has 1 amide bonds. The summed E-state index contributed by atoms with van der Waals surface area (Å²) in [6.45, 7) is 8.44. The van der Waals surface area contributed by atoms with Crippen molar-refractivity contribution in [1.82, 2.24) is 10.2 Å². The molecule has 0 fully saturated rings. The first-order valence-electron chi connectivity index (χ1n) is 6.47. The average Bonchev–Trinajstić information content (AvgIpc) is 2.37. The number of hydrogen-bond donors (Lipinski definition) is 1. The molecule has 1 N–H and O–H groups in total. The Morgan fingerprint density at radius 2 is 2.05 bits per heavy atom. The number of likely N-dealkylation sites (N-methyl/N-ethyl adjacent to an activating group) is 1. The van der Waals surface area contributed by atoms with Gasteiger partial charge in [0.15, 0.2) is 0 Å². The van der Waals surface area contributed by atoms with Crippen LogP contribution >= 0.6 is 11.6 Å². The Morgan fingerprint density at radius 1 is 1.42 bits per heavy atom. The van der Waals surface area contributed by atoms with Crippen LogP contribution in [0.1, 0.15) is 31.1 Å². The van der Waals surface area contributed by atoms with Gasteiger partial charge in [-0.15, -0.1) is 0 Å². The maximum Gasteiger partial charge on any atom is 0.255 e. The van der Waals surface area contributed by atoms with E-state index < -0.39 is 11.7 Å². The van der Waals surface area contributed by atoms with E-state index >= 15 is 0 Å². The Hall–Kier alpha value is -1.13. The van der Waals surface area contributed by atoms with Crippen molar-refractivity contribution in [2.45, 2.75) is 26.8 Å². The Bertz CT molecular complexity index is 415. The molecule has 1 aromatic rings. The first-order valence-corrected chi connectivity index (χ1v) is 6.85. The van der Waals surface area contributed by atoms with Crippen LogP contribution < -0.4 is 5.32 Å². The Morgan fingerprint density at radius 3 is 2.58 bits per heavy atom. The highest BCUT2D eigenvalue weighted by molar-refractivity contribution is 6.33. The van der Waals surface area contributed by atoms with E-state index in [1.165, 1.54) is 18.2 Å². The highest BCUT2D eigenvalue weighted by Gasteiger charge is 2.17. The number of nitrogens with one attached hydrogen (secondary N) is 1. The van der Waals surface area contributed by atoms with E-state index in [0.29, 0.717) is 6.54 Å². The summed E-state index contributed by atoms with van der Waals surface area (Å²) in [5, 5.41) is 2.86. The molecule has 0 bridgehead atoms. The Kier molecular flexibility index (Phi) is 6.25. The molecule has 106 valence electrons. The van der Waals surface area contributed by atoms with Gasteiger partial charge in [-0.25, -0.2) is 4.39 Å². The molecule has 1 aromatic carbocycles. The fraction of sp³-hybridized carbons (Fsp3) is 0.500. The highest BCUT2D eigenvalue weighted by Crippen LogP contribution is 2.18. The Balaban J connectivity index is 2.66. The predicted molar refractivity (Wildman–Crippen MR) is 76.1 cm³/mol. The van der Waals surface area contributed by atoms with Crippen LogP contribution in [0.15, 0.2) is 18.2 Å². The molecule has 0 spiro atoms. The molecule has 1 unspecified atom stereocenters. The number of hydrogen-bond acceptors (Lipinski definition) is 2. The van der Waals surface area contributed by atoms with Gasteiger partial charge in [-0.3, -0.25) is 9.69 Å². The molecule has 1 rings (SSSR count). The summed E-state index contributed by atoms with van der Waals surface area (Å²) in [6, 6.07) is 4.42. The molecule has 0 radical (unpaired) electrons. The predicted octanol–water partition coefficient (Wildman–Crippen LogP) is 2.94. The van der Waals surface area contributed by atoms with E-state index in [0.717, 1.165) is 13.1 Å². The molecular formula is C14H20ClFN2O. The summed E-state index contributed by atoms with van der Waals surface area (Å²) in [5.74, 6) is -1.07. The van der Waals surface area contributed by atoms with Crippen LogP contribution in [0.25, 0.3) is 0 Å². The zero-order valence-corrected chi connectivity index (χ0v) is 12.3. The second-order valence-corrected chi connectivity index (χ2v) is 4.78. The second-order valence-electron chi connectivity index (χ2n) is 4.38. The lowest BCUT2D eigenvalue weighted by atomic mass is 10.2. The number of halogens is 2. The highest BCUT2D eigenvalue weighted by atomic mass is 35.5. The first-order chi connectivity index (χ1) is 9.01. The molecule has 5 heteroatoms. The van der Waals surface area contributed by atoms with Crippen molar-refractivity contribution in [2.75, 3.05) is 19.6 Å². The van der Waals surface area contributed by atoms with Gasteiger partial charge in [0.05, 0.1) is 10.6 Å². The summed E-state index contributed by atoms with van der Waals surface area (Å²) < 4.78 is 13.6. The van der Waals surface area contributed by atoms with Crippen molar-refractivity contribution in [3.63, 3.8) is 0 Å². The van der Waals surface area contributed by atoms with E-state index in [1.807, 2.05) is 6.92 Å². The maximum atomic E-state index is 13.6. The number of carbonyl (C=O) groups excluding carboxylic acids is 1. The molecule has 3 nitrogen and oxygen atoms in total. The Labute approximate surface area is 118 Å². The SMILES string of the molecule is CCN(CC)C(C)CNC(=O)c1c(F)cccc1Cl. The van der Waals surface area contributed by atoms with Gasteiger partial charge in [0, 0.05) is 12.6 Å². The topological polar surface area (TPSA) is 32.3 Å². The van der Waals surface area contributed by atoms with Gasteiger partial charge in [-0.1, -0.05) is 31.5 Å². The third kappa shape index (κ3) is 4.18. The van der Waals surface area contributed by atoms with Gasteiger partial charge in [0.25, 0.3) is 5.91 Å². The number of carbonyl (C=O) groups is 1. The molecule has 0 aliphatic rings. The molecule has 1 atom stereocenters. The molecule has 19 heavy (non-hydrogen) atoms. The third-order valence-electron chi connectivity index (χ3n) is 3.18. The van der Waals surface area contributed by atoms with Crippen LogP contribution in [-0.4, -0.2) is 36.5 Å². The van der Waals surface area contributed by atoms with Gasteiger partial charge in [-0.05, 0) is 32.1 Å². The standard InChI is InChI=1S/C14H20ClFN2O/c1-4-18(5-2)10(3)9-17-14(19)13-11(15)7-6-8-12(13)16/h6-8,10H,4-5,9H2,1-3H3,(H,17,19). The lowest BCUT2D eigenvalue weighted by molar-refractivity contribution is 0.0934. The monoisotopic (exact) mass is 286 g/mol. The van der Waals surface area contributed by atoms with Crippen molar-refractivity contribution in [3.05, 3.63) is 34.6 Å². The average molecular weight is 287 g/mol. The van der Waals surface area contributed by atoms with Gasteiger partial charge >= 0.3 is 0 Å². The van der Waals surface area contributed by atoms with E-state index in [1.54, 1.807) is 0 Å². The fourth-order valence-electron chi connectivity index (χ4n) is 2.02. The molecule has 0 heterocycles. The number of nitrogens with zero attached hydrogens (tertiary/aromatic N) is 1. The minimum atomic E-state index is -0.597. The zero-order chi connectivity index (χ0) is 14.4. The summed E-state index contributed by atoms with van der Waals surface area (Å²) in [7, 11) is 0. The van der Waals surface area contributed by atoms with E-state index in [9.17, 15) is 9.18 Å². The molecule has 0 aliphatic heterocycles. The van der Waals surface area contributed by atoms with Crippen LogP contribution in [0.3, 0.4) is 0 Å². The van der Waals surface area contributed by atoms with Crippen molar-refractivity contribution in [1.29, 1.82) is 0 Å². The van der Waals surface area contributed by atoms with Crippen LogP contribution in [0.4, 0.5) is 4.39 Å². The van der Waals surface area contributed by atoms with Gasteiger partial charge < -0.3 is 5.32 Å². The molecule has 0 aromatic heterocycles. The van der Waals surface area contributed by atoms with Crippen LogP contribution in [0.5, 0.6) is 0 Å². The minimum absolute atomic E-state index is 0.0871. The largest absolute Gasteiger partial charge is 0.350 e. The quantitative estimate of drug-likeness (QED) is 0.872. The molecule has 0 saturated carbocycles. The van der Waals surface area contributed by atoms with Gasteiger partial charge in [0.1, 0.15) is 5.82 Å². The lowest BCUT2D eigenvalue weighted by Gasteiger charge is -2.26. The summed E-state index contributed by atoms with van der Waals surface area (Å²) >= 11 is 5.85. The molecular weight excluding hydrogens is 267 g/mol. The van der Waals surface area contributed by atoms with Crippen LogP contribution in [0.2, 0.25) is 5.02 Å². The van der Waals surface area contributed by atoms with Crippen molar-refractivity contribution < 1.29 is 9.18 Å².